The highest BCUT2D eigenvalue weighted by atomic mass is 19.4. The van der Waals surface area contributed by atoms with Gasteiger partial charge >= 0.3 is 6.18 Å². The monoisotopic (exact) mass is 495 g/mol. The molecule has 186 valence electrons. The molecule has 2 heterocycles. The number of rotatable bonds is 5. The number of halogens is 3. The molecule has 3 aromatic rings. The van der Waals surface area contributed by atoms with E-state index in [1.165, 1.54) is 11.0 Å². The maximum Gasteiger partial charge on any atom is 0.416 e. The summed E-state index contributed by atoms with van der Waals surface area (Å²) in [6.07, 6.45) is -3.89. The van der Waals surface area contributed by atoms with Gasteiger partial charge in [-0.25, -0.2) is 0 Å². The predicted molar refractivity (Wildman–Crippen MR) is 129 cm³/mol. The van der Waals surface area contributed by atoms with Crippen molar-refractivity contribution >= 4 is 34.2 Å². The summed E-state index contributed by atoms with van der Waals surface area (Å²) in [7, 11) is 0. The second-order valence-electron chi connectivity index (χ2n) is 8.99. The van der Waals surface area contributed by atoms with Gasteiger partial charge in [0.15, 0.2) is 0 Å². The fourth-order valence-electron chi connectivity index (χ4n) is 4.92. The summed E-state index contributed by atoms with van der Waals surface area (Å²) in [4.78, 5) is 43.4. The molecule has 0 atom stereocenters. The fourth-order valence-corrected chi connectivity index (χ4v) is 4.92. The lowest BCUT2D eigenvalue weighted by atomic mass is 9.94. The van der Waals surface area contributed by atoms with Crippen molar-refractivity contribution in [3.8, 4) is 0 Å². The van der Waals surface area contributed by atoms with Gasteiger partial charge in [-0.3, -0.25) is 19.3 Å². The normalized spacial score (nSPS) is 16.1. The van der Waals surface area contributed by atoms with Gasteiger partial charge in [0.1, 0.15) is 0 Å². The van der Waals surface area contributed by atoms with Gasteiger partial charge in [-0.15, -0.1) is 0 Å². The summed E-state index contributed by atoms with van der Waals surface area (Å²) in [6, 6.07) is 15.9. The Morgan fingerprint density at radius 1 is 0.833 bits per heavy atom. The number of carbonyl (C=O) groups excluding carboxylic acids is 3. The molecule has 1 saturated heterocycles. The van der Waals surface area contributed by atoms with E-state index in [0.29, 0.717) is 54.8 Å². The van der Waals surface area contributed by atoms with Crippen molar-refractivity contribution in [2.45, 2.75) is 19.0 Å². The summed E-state index contributed by atoms with van der Waals surface area (Å²) in [6.45, 7) is 1.78. The Morgan fingerprint density at radius 2 is 1.44 bits per heavy atom. The lowest BCUT2D eigenvalue weighted by molar-refractivity contribution is -0.137. The standard InChI is InChI=1S/C27H24F3N3O3/c28-27(29,30)19-7-3-8-20(17-19)31-13-15-32(16-14-31)23(34)11-4-12-33-25(35)21-9-1-5-18-6-2-10-22(24(18)21)26(33)36/h1-3,5-10,17H,4,11-16H2. The van der Waals surface area contributed by atoms with Crippen molar-refractivity contribution in [1.82, 2.24) is 9.80 Å². The second-order valence-corrected chi connectivity index (χ2v) is 8.99. The minimum atomic E-state index is -4.40. The van der Waals surface area contributed by atoms with Crippen LogP contribution in [-0.4, -0.2) is 60.2 Å². The van der Waals surface area contributed by atoms with Gasteiger partial charge in [-0.05, 0) is 42.1 Å². The van der Waals surface area contributed by atoms with Crippen molar-refractivity contribution < 1.29 is 27.6 Å². The number of anilines is 1. The molecule has 3 amide bonds. The molecular weight excluding hydrogens is 471 g/mol. The number of carbonyl (C=O) groups is 3. The van der Waals surface area contributed by atoms with Gasteiger partial charge in [-0.1, -0.05) is 30.3 Å². The zero-order chi connectivity index (χ0) is 25.4. The van der Waals surface area contributed by atoms with Crippen molar-refractivity contribution in [1.29, 1.82) is 0 Å². The van der Waals surface area contributed by atoms with E-state index in [1.54, 1.807) is 35.2 Å². The molecule has 0 N–H and O–H groups in total. The zero-order valence-corrected chi connectivity index (χ0v) is 19.4. The Kier molecular flexibility index (Phi) is 6.15. The molecule has 36 heavy (non-hydrogen) atoms. The Bertz CT molecular complexity index is 1300. The van der Waals surface area contributed by atoms with E-state index in [2.05, 4.69) is 0 Å². The Hall–Kier alpha value is -3.88. The molecule has 6 nitrogen and oxygen atoms in total. The van der Waals surface area contributed by atoms with Crippen molar-refractivity contribution in [2.75, 3.05) is 37.6 Å². The molecule has 1 fully saturated rings. The summed E-state index contributed by atoms with van der Waals surface area (Å²) in [5.41, 5.74) is 0.757. The van der Waals surface area contributed by atoms with Gasteiger partial charge in [0.2, 0.25) is 5.91 Å². The molecule has 2 aliphatic rings. The molecule has 0 aromatic heterocycles. The first-order valence-corrected chi connectivity index (χ1v) is 11.8. The number of nitrogens with zero attached hydrogens (tertiary/aromatic N) is 3. The van der Waals surface area contributed by atoms with E-state index in [-0.39, 0.29) is 30.7 Å². The Morgan fingerprint density at radius 3 is 2.06 bits per heavy atom. The first-order chi connectivity index (χ1) is 17.2. The Labute approximate surface area is 205 Å². The van der Waals surface area contributed by atoms with Crippen molar-refractivity contribution in [2.24, 2.45) is 0 Å². The summed E-state index contributed by atoms with van der Waals surface area (Å²) < 4.78 is 39.1. The fraction of sp³-hybridized carbons (Fsp3) is 0.296. The van der Waals surface area contributed by atoms with E-state index in [9.17, 15) is 27.6 Å². The molecular formula is C27H24F3N3O3. The average molecular weight is 496 g/mol. The van der Waals surface area contributed by atoms with Gasteiger partial charge < -0.3 is 9.80 Å². The molecule has 0 saturated carbocycles. The zero-order valence-electron chi connectivity index (χ0n) is 19.4. The molecule has 0 aliphatic carbocycles. The number of hydrogen-bond donors (Lipinski definition) is 0. The third kappa shape index (κ3) is 4.41. The number of imide groups is 1. The number of amides is 3. The molecule has 0 radical (unpaired) electrons. The van der Waals surface area contributed by atoms with E-state index in [4.69, 9.17) is 0 Å². The van der Waals surface area contributed by atoms with Crippen LogP contribution < -0.4 is 4.90 Å². The van der Waals surface area contributed by atoms with Gasteiger partial charge in [0.25, 0.3) is 11.8 Å². The highest BCUT2D eigenvalue weighted by Crippen LogP contribution is 2.32. The SMILES string of the molecule is O=C(CCCN1C(=O)c2cccc3cccc(c23)C1=O)N1CCN(c2cccc(C(F)(F)F)c2)CC1. The number of alkyl halides is 3. The second kappa shape index (κ2) is 9.29. The van der Waals surface area contributed by atoms with Crippen molar-refractivity contribution in [3.05, 3.63) is 77.4 Å². The Balaban J connectivity index is 1.16. The van der Waals surface area contributed by atoms with Gasteiger partial charge in [0.05, 0.1) is 5.56 Å². The molecule has 0 bridgehead atoms. The van der Waals surface area contributed by atoms with Crippen LogP contribution in [0.15, 0.2) is 60.7 Å². The average Bonchev–Trinajstić information content (AvgIpc) is 2.88. The molecule has 5 rings (SSSR count). The molecule has 2 aliphatic heterocycles. The first-order valence-electron chi connectivity index (χ1n) is 11.8. The van der Waals surface area contributed by atoms with Crippen LogP contribution in [-0.2, 0) is 11.0 Å². The van der Waals surface area contributed by atoms with E-state index in [0.717, 1.165) is 17.5 Å². The molecule has 3 aromatic carbocycles. The van der Waals surface area contributed by atoms with Gasteiger partial charge in [-0.2, -0.15) is 13.2 Å². The van der Waals surface area contributed by atoms with Crippen LogP contribution in [0.5, 0.6) is 0 Å². The van der Waals surface area contributed by atoms with Crippen LogP contribution in [0, 0.1) is 0 Å². The number of piperazine rings is 1. The lowest BCUT2D eigenvalue weighted by Crippen LogP contribution is -2.49. The van der Waals surface area contributed by atoms with Crippen molar-refractivity contribution in [3.63, 3.8) is 0 Å². The van der Waals surface area contributed by atoms with Crippen LogP contribution in [0.25, 0.3) is 10.8 Å². The number of hydrogen-bond acceptors (Lipinski definition) is 4. The molecule has 0 spiro atoms. The van der Waals surface area contributed by atoms with Crippen LogP contribution in [0.3, 0.4) is 0 Å². The summed E-state index contributed by atoms with van der Waals surface area (Å²) >= 11 is 0. The largest absolute Gasteiger partial charge is 0.416 e. The summed E-state index contributed by atoms with van der Waals surface area (Å²) in [5, 5.41) is 1.51. The third-order valence-corrected chi connectivity index (χ3v) is 6.80. The highest BCUT2D eigenvalue weighted by Gasteiger charge is 2.33. The van der Waals surface area contributed by atoms with E-state index < -0.39 is 11.7 Å². The predicted octanol–water partition coefficient (Wildman–Crippen LogP) is 4.58. The van der Waals surface area contributed by atoms with Crippen LogP contribution >= 0.6 is 0 Å². The third-order valence-electron chi connectivity index (χ3n) is 6.80. The van der Waals surface area contributed by atoms with Gasteiger partial charge in [0, 0.05) is 61.3 Å². The van der Waals surface area contributed by atoms with Crippen LogP contribution in [0.2, 0.25) is 0 Å². The van der Waals surface area contributed by atoms with Crippen LogP contribution in [0.4, 0.5) is 18.9 Å². The quantitative estimate of drug-likeness (QED) is 0.486. The smallest absolute Gasteiger partial charge is 0.368 e. The maximum atomic E-state index is 13.0. The van der Waals surface area contributed by atoms with E-state index >= 15 is 0 Å². The lowest BCUT2D eigenvalue weighted by Gasteiger charge is -2.36. The maximum absolute atomic E-state index is 13.0. The van der Waals surface area contributed by atoms with Crippen LogP contribution in [0.1, 0.15) is 39.1 Å². The van der Waals surface area contributed by atoms with E-state index in [1.807, 2.05) is 17.0 Å². The first kappa shape index (κ1) is 23.8. The number of benzene rings is 3. The topological polar surface area (TPSA) is 60.9 Å². The molecule has 0 unspecified atom stereocenters. The molecule has 9 heteroatoms. The minimum absolute atomic E-state index is 0.0990. The summed E-state index contributed by atoms with van der Waals surface area (Å²) in [5.74, 6) is -0.809. The minimum Gasteiger partial charge on any atom is -0.368 e. The highest BCUT2D eigenvalue weighted by molar-refractivity contribution is 6.25.